The average molecular weight is 517 g/mol. The maximum atomic E-state index is 13.5. The predicted octanol–water partition coefficient (Wildman–Crippen LogP) is 5.26. The molecule has 0 unspecified atom stereocenters. The van der Waals surface area contributed by atoms with Crippen LogP contribution in [0.1, 0.15) is 22.7 Å². The van der Waals surface area contributed by atoms with Crippen LogP contribution in [0.4, 0.5) is 5.13 Å². The highest BCUT2D eigenvalue weighted by Gasteiger charge is 2.49. The number of benzene rings is 3. The van der Waals surface area contributed by atoms with Crippen LogP contribution in [0.15, 0.2) is 66.2 Å². The van der Waals surface area contributed by atoms with Crippen molar-refractivity contribution < 1.29 is 28.9 Å². The lowest BCUT2D eigenvalue weighted by molar-refractivity contribution is -0.132. The van der Waals surface area contributed by atoms with Gasteiger partial charge in [0, 0.05) is 11.1 Å². The third kappa shape index (κ3) is 4.07. The number of rotatable bonds is 6. The van der Waals surface area contributed by atoms with Gasteiger partial charge in [0.2, 0.25) is 0 Å². The Morgan fingerprint density at radius 3 is 2.41 bits per heavy atom. The highest BCUT2D eigenvalue weighted by Crippen LogP contribution is 2.48. The molecule has 1 amide bonds. The molecule has 0 bridgehead atoms. The van der Waals surface area contributed by atoms with Crippen LogP contribution in [-0.2, 0) is 9.59 Å². The number of para-hydroxylation sites is 1. The van der Waals surface area contributed by atoms with E-state index in [1.807, 2.05) is 25.1 Å². The lowest BCUT2D eigenvalue weighted by Crippen LogP contribution is -2.29. The summed E-state index contributed by atoms with van der Waals surface area (Å²) in [7, 11) is 4.53. The van der Waals surface area contributed by atoms with Gasteiger partial charge in [0.1, 0.15) is 17.6 Å². The number of ketones is 1. The molecule has 5 rings (SSSR count). The number of thiazole rings is 1. The highest BCUT2D eigenvalue weighted by molar-refractivity contribution is 7.22. The molecule has 1 saturated heterocycles. The maximum absolute atomic E-state index is 13.5. The van der Waals surface area contributed by atoms with Crippen LogP contribution in [-0.4, -0.2) is 43.1 Å². The number of methoxy groups -OCH3 is 3. The van der Waals surface area contributed by atoms with Crippen molar-refractivity contribution >= 4 is 44.1 Å². The minimum absolute atomic E-state index is 0.0721. The number of carbonyl (C=O) groups is 2. The average Bonchev–Trinajstić information content (AvgIpc) is 3.45. The molecule has 0 aliphatic carbocycles. The monoisotopic (exact) mass is 516 g/mol. The van der Waals surface area contributed by atoms with Crippen LogP contribution >= 0.6 is 11.3 Å². The molecule has 1 aliphatic rings. The lowest BCUT2D eigenvalue weighted by Gasteiger charge is -2.25. The SMILES string of the molecule is COc1ccc(/C(O)=C2\C(=O)C(=O)N(c3nc4ccc(C)cc4s3)[C@H]2c2cccc(OC)c2OC)cc1. The normalized spacial score (nSPS) is 16.9. The summed E-state index contributed by atoms with van der Waals surface area (Å²) in [6, 6.07) is 16.6. The molecule has 9 heteroatoms. The number of aryl methyl sites for hydroxylation is 1. The number of carbonyl (C=O) groups excluding carboxylic acids is 2. The molecule has 1 aromatic heterocycles. The quantitative estimate of drug-likeness (QED) is 0.212. The fourth-order valence-corrected chi connectivity index (χ4v) is 5.57. The summed E-state index contributed by atoms with van der Waals surface area (Å²) >= 11 is 1.30. The van der Waals surface area contributed by atoms with E-state index in [-0.39, 0.29) is 11.3 Å². The van der Waals surface area contributed by atoms with Crippen molar-refractivity contribution in [3.63, 3.8) is 0 Å². The summed E-state index contributed by atoms with van der Waals surface area (Å²) in [4.78, 5) is 33.0. The number of Topliss-reactive ketones (excluding diaryl/α,β-unsaturated/α-hetero) is 1. The summed E-state index contributed by atoms with van der Waals surface area (Å²) < 4.78 is 17.2. The number of aliphatic hydroxyl groups is 1. The molecule has 4 aromatic rings. The Bertz CT molecular complexity index is 1560. The zero-order chi connectivity index (χ0) is 26.3. The van der Waals surface area contributed by atoms with Gasteiger partial charge in [-0.25, -0.2) is 4.98 Å². The molecule has 0 spiro atoms. The number of ether oxygens (including phenoxy) is 3. The second-order valence-electron chi connectivity index (χ2n) is 8.45. The van der Waals surface area contributed by atoms with Crippen molar-refractivity contribution in [1.29, 1.82) is 0 Å². The Balaban J connectivity index is 1.77. The van der Waals surface area contributed by atoms with Gasteiger partial charge in [-0.2, -0.15) is 0 Å². The van der Waals surface area contributed by atoms with E-state index in [4.69, 9.17) is 14.2 Å². The van der Waals surface area contributed by atoms with Gasteiger partial charge >= 0.3 is 5.91 Å². The molecule has 1 fully saturated rings. The zero-order valence-electron chi connectivity index (χ0n) is 20.6. The van der Waals surface area contributed by atoms with E-state index >= 15 is 0 Å². The van der Waals surface area contributed by atoms with Gasteiger partial charge in [-0.3, -0.25) is 14.5 Å². The zero-order valence-corrected chi connectivity index (χ0v) is 21.5. The number of fused-ring (bicyclic) bond motifs is 1. The van der Waals surface area contributed by atoms with Crippen molar-refractivity contribution in [2.45, 2.75) is 13.0 Å². The first-order chi connectivity index (χ1) is 17.9. The number of hydrogen-bond donors (Lipinski definition) is 1. The third-order valence-corrected chi connectivity index (χ3v) is 7.29. The summed E-state index contributed by atoms with van der Waals surface area (Å²) in [5.74, 6) is -0.558. The first-order valence-electron chi connectivity index (χ1n) is 11.4. The Labute approximate surface area is 217 Å². The van der Waals surface area contributed by atoms with E-state index in [1.165, 1.54) is 37.6 Å². The summed E-state index contributed by atoms with van der Waals surface area (Å²) in [5, 5.41) is 11.7. The Morgan fingerprint density at radius 1 is 0.973 bits per heavy atom. The minimum Gasteiger partial charge on any atom is -0.507 e. The van der Waals surface area contributed by atoms with Gasteiger partial charge in [-0.05, 0) is 55.0 Å². The van der Waals surface area contributed by atoms with Crippen LogP contribution in [0.3, 0.4) is 0 Å². The van der Waals surface area contributed by atoms with E-state index in [0.717, 1.165) is 10.3 Å². The van der Waals surface area contributed by atoms with Gasteiger partial charge in [-0.1, -0.05) is 29.5 Å². The molecule has 3 aromatic carbocycles. The van der Waals surface area contributed by atoms with Crippen molar-refractivity contribution in [2.24, 2.45) is 0 Å². The first-order valence-corrected chi connectivity index (χ1v) is 12.2. The van der Waals surface area contributed by atoms with Crippen molar-refractivity contribution in [3.05, 3.63) is 82.9 Å². The van der Waals surface area contributed by atoms with Crippen LogP contribution in [0.5, 0.6) is 17.2 Å². The second-order valence-corrected chi connectivity index (χ2v) is 9.46. The van der Waals surface area contributed by atoms with Crippen LogP contribution < -0.4 is 19.1 Å². The molecule has 1 N–H and O–H groups in total. The Morgan fingerprint density at radius 2 is 1.73 bits per heavy atom. The van der Waals surface area contributed by atoms with Crippen molar-refractivity contribution in [3.8, 4) is 17.2 Å². The van der Waals surface area contributed by atoms with E-state index in [9.17, 15) is 14.7 Å². The largest absolute Gasteiger partial charge is 0.507 e. The molecule has 2 heterocycles. The minimum atomic E-state index is -1.01. The molecule has 8 nitrogen and oxygen atoms in total. The molecule has 1 atom stereocenters. The topological polar surface area (TPSA) is 98.2 Å². The molecule has 1 aliphatic heterocycles. The second kappa shape index (κ2) is 9.59. The molecule has 37 heavy (non-hydrogen) atoms. The van der Waals surface area contributed by atoms with Crippen LogP contribution in [0, 0.1) is 6.92 Å². The Kier molecular flexibility index (Phi) is 6.31. The van der Waals surface area contributed by atoms with Crippen molar-refractivity contribution in [1.82, 2.24) is 4.98 Å². The molecule has 188 valence electrons. The molecular formula is C28H24N2O6S. The van der Waals surface area contributed by atoms with E-state index in [1.54, 1.807) is 42.5 Å². The Hall–Kier alpha value is -4.37. The standard InChI is InChI=1S/C28H24N2O6S/c1-15-8-13-19-21(14-15)37-28(29-19)30-23(18-6-5-7-20(35-3)26(18)36-4)22(25(32)27(30)33)24(31)16-9-11-17(34-2)12-10-16/h5-14,23,31H,1-4H3/b24-22+/t23-/m0/s1. The van der Waals surface area contributed by atoms with Crippen LogP contribution in [0.25, 0.3) is 16.0 Å². The van der Waals surface area contributed by atoms with E-state index in [2.05, 4.69) is 4.98 Å². The van der Waals surface area contributed by atoms with Gasteiger partial charge in [0.05, 0.1) is 37.1 Å². The molecular weight excluding hydrogens is 492 g/mol. The third-order valence-electron chi connectivity index (χ3n) is 6.27. The lowest BCUT2D eigenvalue weighted by atomic mass is 9.94. The summed E-state index contributed by atoms with van der Waals surface area (Å²) in [5.41, 5.74) is 2.53. The van der Waals surface area contributed by atoms with E-state index in [0.29, 0.717) is 39.0 Å². The molecule has 0 saturated carbocycles. The first kappa shape index (κ1) is 24.3. The number of nitrogens with zero attached hydrogens (tertiary/aromatic N) is 2. The summed E-state index contributed by atoms with van der Waals surface area (Å²) in [6.07, 6.45) is 0. The summed E-state index contributed by atoms with van der Waals surface area (Å²) in [6.45, 7) is 1.97. The number of aliphatic hydroxyl groups excluding tert-OH is 1. The van der Waals surface area contributed by atoms with Gasteiger partial charge in [-0.15, -0.1) is 0 Å². The van der Waals surface area contributed by atoms with Crippen LogP contribution in [0.2, 0.25) is 0 Å². The van der Waals surface area contributed by atoms with Gasteiger partial charge in [0.15, 0.2) is 16.6 Å². The smallest absolute Gasteiger partial charge is 0.301 e. The predicted molar refractivity (Wildman–Crippen MR) is 142 cm³/mol. The maximum Gasteiger partial charge on any atom is 0.301 e. The molecule has 0 radical (unpaired) electrons. The van der Waals surface area contributed by atoms with E-state index < -0.39 is 17.7 Å². The number of anilines is 1. The fraction of sp³-hybridized carbons (Fsp3) is 0.179. The number of hydrogen-bond acceptors (Lipinski definition) is 8. The highest BCUT2D eigenvalue weighted by atomic mass is 32.1. The van der Waals surface area contributed by atoms with Crippen molar-refractivity contribution in [2.75, 3.05) is 26.2 Å². The van der Waals surface area contributed by atoms with Gasteiger partial charge in [0.25, 0.3) is 5.78 Å². The number of amides is 1. The number of aromatic nitrogens is 1. The fourth-order valence-electron chi connectivity index (χ4n) is 4.48. The van der Waals surface area contributed by atoms with Gasteiger partial charge < -0.3 is 19.3 Å².